The summed E-state index contributed by atoms with van der Waals surface area (Å²) in [5.41, 5.74) is 5.73. The normalized spacial score (nSPS) is 11.9. The minimum absolute atomic E-state index is 0.0470. The van der Waals surface area contributed by atoms with Gasteiger partial charge in [-0.2, -0.15) is 0 Å². The Hall–Kier alpha value is -1.95. The molecule has 0 heterocycles. The van der Waals surface area contributed by atoms with Crippen molar-refractivity contribution in [3.05, 3.63) is 34.4 Å². The lowest BCUT2D eigenvalue weighted by Crippen LogP contribution is -2.22. The van der Waals surface area contributed by atoms with E-state index in [9.17, 15) is 14.9 Å². The van der Waals surface area contributed by atoms with Gasteiger partial charge in [0.25, 0.3) is 5.69 Å². The number of nitro benzene ring substituents is 1. The number of nitrogens with zero attached hydrogens (tertiary/aromatic N) is 1. The van der Waals surface area contributed by atoms with Gasteiger partial charge in [0.05, 0.1) is 4.92 Å². The molecule has 1 aromatic rings. The van der Waals surface area contributed by atoms with Crippen LogP contribution in [0.2, 0.25) is 0 Å². The molecule has 0 aromatic heterocycles. The van der Waals surface area contributed by atoms with E-state index in [1.54, 1.807) is 13.0 Å². The van der Waals surface area contributed by atoms with E-state index in [2.05, 4.69) is 5.32 Å². The molecule has 6 heteroatoms. The van der Waals surface area contributed by atoms with Gasteiger partial charge in [0, 0.05) is 23.7 Å². The maximum Gasteiger partial charge on any atom is 0.271 e. The number of carbonyl (C=O) groups is 1. The van der Waals surface area contributed by atoms with Gasteiger partial charge in [-0.15, -0.1) is 0 Å². The van der Waals surface area contributed by atoms with Gasteiger partial charge in [0.15, 0.2) is 0 Å². The van der Waals surface area contributed by atoms with E-state index in [0.29, 0.717) is 18.7 Å². The lowest BCUT2D eigenvalue weighted by molar-refractivity contribution is -0.384. The summed E-state index contributed by atoms with van der Waals surface area (Å²) in [7, 11) is 0. The molecule has 0 spiro atoms. The number of nitrogens with two attached hydrogens (primary N) is 1. The third-order valence-electron chi connectivity index (χ3n) is 2.37. The summed E-state index contributed by atoms with van der Waals surface area (Å²) in [6.45, 7) is 2.20. The fraction of sp³-hybridized carbons (Fsp3) is 0.364. The number of carbonyl (C=O) groups excluding carboxylic acids is 1. The molecule has 1 rings (SSSR count). The average Bonchev–Trinajstić information content (AvgIpc) is 2.29. The van der Waals surface area contributed by atoms with Gasteiger partial charge in [-0.05, 0) is 19.0 Å². The average molecular weight is 237 g/mol. The second-order valence-electron chi connectivity index (χ2n) is 3.78. The van der Waals surface area contributed by atoms with Gasteiger partial charge in [0.1, 0.15) is 0 Å². The van der Waals surface area contributed by atoms with Crippen LogP contribution in [0.1, 0.15) is 13.3 Å². The highest BCUT2D eigenvalue weighted by Crippen LogP contribution is 2.17. The van der Waals surface area contributed by atoms with E-state index in [0.717, 1.165) is 0 Å². The molecule has 0 saturated carbocycles. The molecule has 3 N–H and O–H groups in total. The zero-order chi connectivity index (χ0) is 12.8. The molecule has 1 atom stereocenters. The molecule has 1 unspecified atom stereocenters. The number of nitrogens with one attached hydrogen (secondary N) is 1. The monoisotopic (exact) mass is 237 g/mol. The predicted molar refractivity (Wildman–Crippen MR) is 64.6 cm³/mol. The third-order valence-corrected chi connectivity index (χ3v) is 2.37. The molecule has 0 aliphatic rings. The summed E-state index contributed by atoms with van der Waals surface area (Å²) in [5, 5.41) is 13.2. The number of non-ortho nitro benzene ring substituents is 1. The van der Waals surface area contributed by atoms with E-state index in [4.69, 9.17) is 5.73 Å². The van der Waals surface area contributed by atoms with Crippen LogP contribution in [0.15, 0.2) is 24.3 Å². The zero-order valence-corrected chi connectivity index (χ0v) is 9.55. The van der Waals surface area contributed by atoms with E-state index >= 15 is 0 Å². The lowest BCUT2D eigenvalue weighted by Gasteiger charge is -2.10. The fourth-order valence-electron chi connectivity index (χ4n) is 1.34. The molecule has 1 amide bonds. The molecule has 92 valence electrons. The first-order valence-electron chi connectivity index (χ1n) is 5.30. The van der Waals surface area contributed by atoms with Crippen LogP contribution in [0, 0.1) is 16.0 Å². The van der Waals surface area contributed by atoms with Crippen molar-refractivity contribution in [2.75, 3.05) is 11.9 Å². The molecule has 6 nitrogen and oxygen atoms in total. The SMILES string of the molecule is CC(CCN)C(=O)Nc1cccc([N+](=O)[O-])c1. The number of anilines is 1. The van der Waals surface area contributed by atoms with Crippen molar-refractivity contribution < 1.29 is 9.72 Å². The Morgan fingerprint density at radius 2 is 2.29 bits per heavy atom. The summed E-state index contributed by atoms with van der Waals surface area (Å²) in [4.78, 5) is 21.7. The van der Waals surface area contributed by atoms with Gasteiger partial charge in [0.2, 0.25) is 5.91 Å². The molecule has 0 aliphatic carbocycles. The number of hydrogen-bond acceptors (Lipinski definition) is 4. The fourth-order valence-corrected chi connectivity index (χ4v) is 1.34. The van der Waals surface area contributed by atoms with Crippen LogP contribution < -0.4 is 11.1 Å². The summed E-state index contributed by atoms with van der Waals surface area (Å²) in [6.07, 6.45) is 0.584. The Balaban J connectivity index is 2.71. The lowest BCUT2D eigenvalue weighted by atomic mass is 10.1. The smallest absolute Gasteiger partial charge is 0.271 e. The largest absolute Gasteiger partial charge is 0.330 e. The van der Waals surface area contributed by atoms with Crippen LogP contribution in [0.4, 0.5) is 11.4 Å². The first kappa shape index (κ1) is 13.1. The number of rotatable bonds is 5. The van der Waals surface area contributed by atoms with Crippen molar-refractivity contribution in [1.82, 2.24) is 0 Å². The van der Waals surface area contributed by atoms with E-state index in [1.807, 2.05) is 0 Å². The maximum atomic E-state index is 11.6. The van der Waals surface area contributed by atoms with E-state index < -0.39 is 4.92 Å². The molecular formula is C11H15N3O3. The highest BCUT2D eigenvalue weighted by atomic mass is 16.6. The topological polar surface area (TPSA) is 98.3 Å². The predicted octanol–water partition coefficient (Wildman–Crippen LogP) is 1.52. The molecule has 0 bridgehead atoms. The number of hydrogen-bond donors (Lipinski definition) is 2. The Morgan fingerprint density at radius 1 is 1.59 bits per heavy atom. The summed E-state index contributed by atoms with van der Waals surface area (Å²) < 4.78 is 0. The van der Waals surface area contributed by atoms with E-state index in [1.165, 1.54) is 18.2 Å². The van der Waals surface area contributed by atoms with Gasteiger partial charge in [-0.1, -0.05) is 13.0 Å². The zero-order valence-electron chi connectivity index (χ0n) is 9.55. The molecule has 1 aromatic carbocycles. The standard InChI is InChI=1S/C11H15N3O3/c1-8(5-6-12)11(15)13-9-3-2-4-10(7-9)14(16)17/h2-4,7-8H,5-6,12H2,1H3,(H,13,15). The summed E-state index contributed by atoms with van der Waals surface area (Å²) in [5.74, 6) is -0.393. The Labute approximate surface area is 99.0 Å². The van der Waals surface area contributed by atoms with Crippen molar-refractivity contribution in [1.29, 1.82) is 0 Å². The van der Waals surface area contributed by atoms with Gasteiger partial charge in [-0.3, -0.25) is 14.9 Å². The van der Waals surface area contributed by atoms with Gasteiger partial charge in [-0.25, -0.2) is 0 Å². The molecule has 0 radical (unpaired) electrons. The second kappa shape index (κ2) is 5.95. The van der Waals surface area contributed by atoms with Crippen molar-refractivity contribution in [2.24, 2.45) is 11.7 Å². The summed E-state index contributed by atoms with van der Waals surface area (Å²) in [6, 6.07) is 5.84. The highest BCUT2D eigenvalue weighted by molar-refractivity contribution is 5.92. The van der Waals surface area contributed by atoms with Crippen molar-refractivity contribution in [3.63, 3.8) is 0 Å². The Bertz CT molecular complexity index is 420. The quantitative estimate of drug-likeness (QED) is 0.599. The van der Waals surface area contributed by atoms with Crippen molar-refractivity contribution in [2.45, 2.75) is 13.3 Å². The Morgan fingerprint density at radius 3 is 2.88 bits per heavy atom. The number of benzene rings is 1. The maximum absolute atomic E-state index is 11.6. The second-order valence-corrected chi connectivity index (χ2v) is 3.78. The minimum Gasteiger partial charge on any atom is -0.330 e. The van der Waals surface area contributed by atoms with Crippen LogP contribution in [0.5, 0.6) is 0 Å². The van der Waals surface area contributed by atoms with Gasteiger partial charge < -0.3 is 11.1 Å². The molecule has 0 fully saturated rings. The Kier molecular flexibility index (Phi) is 4.59. The van der Waals surface area contributed by atoms with E-state index in [-0.39, 0.29) is 17.5 Å². The first-order chi connectivity index (χ1) is 8.04. The third kappa shape index (κ3) is 3.84. The number of nitro groups is 1. The molecule has 0 saturated heterocycles. The van der Waals surface area contributed by atoms with Crippen LogP contribution >= 0.6 is 0 Å². The van der Waals surface area contributed by atoms with Crippen LogP contribution in [0.3, 0.4) is 0 Å². The minimum atomic E-state index is -0.501. The van der Waals surface area contributed by atoms with Gasteiger partial charge >= 0.3 is 0 Å². The van der Waals surface area contributed by atoms with Crippen LogP contribution in [0.25, 0.3) is 0 Å². The van der Waals surface area contributed by atoms with Crippen molar-refractivity contribution in [3.8, 4) is 0 Å². The summed E-state index contributed by atoms with van der Waals surface area (Å²) >= 11 is 0. The molecular weight excluding hydrogens is 222 g/mol. The van der Waals surface area contributed by atoms with Crippen LogP contribution in [-0.2, 0) is 4.79 Å². The van der Waals surface area contributed by atoms with Crippen molar-refractivity contribution >= 4 is 17.3 Å². The van der Waals surface area contributed by atoms with Crippen LogP contribution in [-0.4, -0.2) is 17.4 Å². The highest BCUT2D eigenvalue weighted by Gasteiger charge is 2.13. The molecule has 0 aliphatic heterocycles. The first-order valence-corrected chi connectivity index (χ1v) is 5.30. The molecule has 17 heavy (non-hydrogen) atoms. The number of amides is 1.